The topological polar surface area (TPSA) is 93.8 Å². The molecule has 114 valence electrons. The van der Waals surface area contributed by atoms with Crippen LogP contribution in [0.5, 0.6) is 0 Å². The van der Waals surface area contributed by atoms with Gasteiger partial charge in [-0.3, -0.25) is 4.79 Å². The Kier molecular flexibility index (Phi) is 4.34. The number of benzene rings is 1. The van der Waals surface area contributed by atoms with Crippen LogP contribution in [0.2, 0.25) is 0 Å². The maximum Gasteiger partial charge on any atom is 0.277 e. The smallest absolute Gasteiger partial charge is 0.277 e. The van der Waals surface area contributed by atoms with E-state index in [-0.39, 0.29) is 17.6 Å². The molecule has 9 heteroatoms. The van der Waals surface area contributed by atoms with E-state index in [1.807, 2.05) is 26.0 Å². The molecule has 0 radical (unpaired) electrons. The van der Waals surface area contributed by atoms with Crippen LogP contribution in [0.25, 0.3) is 11.0 Å². The van der Waals surface area contributed by atoms with E-state index in [0.717, 1.165) is 17.2 Å². The standard InChI is InChI=1S/C13H13N5O2S2/c1-7(2)12-15-16-13(20-12)21-6-10(19)14-8-4-3-5-9-11(8)18-22-17-9/h3-5,7H,6H2,1-2H3,(H,14,19). The molecule has 0 bridgehead atoms. The van der Waals surface area contributed by atoms with Crippen LogP contribution in [0.3, 0.4) is 0 Å². The Hall–Kier alpha value is -2.00. The van der Waals surface area contributed by atoms with Crippen molar-refractivity contribution in [2.24, 2.45) is 0 Å². The molecule has 7 nitrogen and oxygen atoms in total. The van der Waals surface area contributed by atoms with Crippen LogP contribution in [0.1, 0.15) is 25.7 Å². The van der Waals surface area contributed by atoms with Crippen molar-refractivity contribution in [1.82, 2.24) is 18.9 Å². The number of nitrogens with one attached hydrogen (secondary N) is 1. The van der Waals surface area contributed by atoms with Gasteiger partial charge in [-0.25, -0.2) is 0 Å². The Morgan fingerprint density at radius 2 is 2.23 bits per heavy atom. The van der Waals surface area contributed by atoms with E-state index in [9.17, 15) is 4.79 Å². The van der Waals surface area contributed by atoms with E-state index in [0.29, 0.717) is 22.3 Å². The van der Waals surface area contributed by atoms with Crippen molar-refractivity contribution in [1.29, 1.82) is 0 Å². The van der Waals surface area contributed by atoms with Crippen LogP contribution >= 0.6 is 23.5 Å². The minimum absolute atomic E-state index is 0.158. The second kappa shape index (κ2) is 6.41. The molecule has 0 spiro atoms. The molecule has 0 saturated heterocycles. The Bertz CT molecular complexity index is 798. The molecule has 0 aliphatic heterocycles. The van der Waals surface area contributed by atoms with E-state index in [2.05, 4.69) is 24.3 Å². The highest BCUT2D eigenvalue weighted by Crippen LogP contribution is 2.23. The van der Waals surface area contributed by atoms with E-state index in [1.165, 1.54) is 11.8 Å². The van der Waals surface area contributed by atoms with Gasteiger partial charge in [0, 0.05) is 5.92 Å². The lowest BCUT2D eigenvalue weighted by Crippen LogP contribution is -2.14. The van der Waals surface area contributed by atoms with Gasteiger partial charge in [0.25, 0.3) is 5.22 Å². The summed E-state index contributed by atoms with van der Waals surface area (Å²) in [4.78, 5) is 12.0. The van der Waals surface area contributed by atoms with Crippen LogP contribution in [0.15, 0.2) is 27.8 Å². The average Bonchev–Trinajstić information content (AvgIpc) is 3.14. The molecule has 0 atom stereocenters. The first-order valence-corrected chi connectivity index (χ1v) is 8.32. The first-order valence-electron chi connectivity index (χ1n) is 6.61. The van der Waals surface area contributed by atoms with E-state index < -0.39 is 0 Å². The first kappa shape index (κ1) is 14.9. The first-order chi connectivity index (χ1) is 10.6. The van der Waals surface area contributed by atoms with Crippen LogP contribution in [0.4, 0.5) is 5.69 Å². The average molecular weight is 335 g/mol. The summed E-state index contributed by atoms with van der Waals surface area (Å²) in [6.07, 6.45) is 0. The predicted octanol–water partition coefficient (Wildman–Crippen LogP) is 2.93. The second-order valence-electron chi connectivity index (χ2n) is 4.84. The van der Waals surface area contributed by atoms with E-state index in [1.54, 1.807) is 6.07 Å². The molecule has 1 aromatic carbocycles. The molecule has 3 aromatic rings. The summed E-state index contributed by atoms with van der Waals surface area (Å²) < 4.78 is 13.8. The lowest BCUT2D eigenvalue weighted by Gasteiger charge is -2.04. The highest BCUT2D eigenvalue weighted by molar-refractivity contribution is 7.99. The Morgan fingerprint density at radius 3 is 3.00 bits per heavy atom. The summed E-state index contributed by atoms with van der Waals surface area (Å²) in [5.41, 5.74) is 2.13. The molecule has 0 aliphatic rings. The van der Waals surface area contributed by atoms with Gasteiger partial charge in [-0.15, -0.1) is 10.2 Å². The van der Waals surface area contributed by atoms with Gasteiger partial charge in [-0.1, -0.05) is 31.7 Å². The number of carbonyl (C=O) groups is 1. The number of aromatic nitrogens is 4. The zero-order chi connectivity index (χ0) is 15.5. The highest BCUT2D eigenvalue weighted by atomic mass is 32.2. The Balaban J connectivity index is 1.61. The van der Waals surface area contributed by atoms with Gasteiger partial charge < -0.3 is 9.73 Å². The zero-order valence-corrected chi connectivity index (χ0v) is 13.6. The maximum atomic E-state index is 12.0. The number of fused-ring (bicyclic) bond motifs is 1. The molecule has 1 N–H and O–H groups in total. The van der Waals surface area contributed by atoms with Crippen molar-refractivity contribution < 1.29 is 9.21 Å². The molecule has 2 aromatic heterocycles. The molecule has 0 aliphatic carbocycles. The molecule has 2 heterocycles. The third kappa shape index (κ3) is 3.25. The van der Waals surface area contributed by atoms with Gasteiger partial charge in [0.2, 0.25) is 11.8 Å². The number of carbonyl (C=O) groups excluding carboxylic acids is 1. The molecular formula is C13H13N5O2S2. The fraction of sp³-hybridized carbons (Fsp3) is 0.308. The van der Waals surface area contributed by atoms with Gasteiger partial charge in [0.05, 0.1) is 23.2 Å². The van der Waals surface area contributed by atoms with Crippen LogP contribution in [-0.4, -0.2) is 30.6 Å². The van der Waals surface area contributed by atoms with Crippen molar-refractivity contribution in [2.45, 2.75) is 25.0 Å². The molecule has 0 fully saturated rings. The quantitative estimate of drug-likeness (QED) is 0.716. The highest BCUT2D eigenvalue weighted by Gasteiger charge is 2.13. The number of hydrogen-bond donors (Lipinski definition) is 1. The summed E-state index contributed by atoms with van der Waals surface area (Å²) in [5, 5.41) is 11.1. The van der Waals surface area contributed by atoms with Gasteiger partial charge >= 0.3 is 0 Å². The fourth-order valence-electron chi connectivity index (χ4n) is 1.73. The summed E-state index contributed by atoms with van der Waals surface area (Å²) in [5.74, 6) is 0.773. The lowest BCUT2D eigenvalue weighted by molar-refractivity contribution is -0.113. The van der Waals surface area contributed by atoms with Crippen molar-refractivity contribution in [3.8, 4) is 0 Å². The fourth-order valence-corrected chi connectivity index (χ4v) is 2.85. The van der Waals surface area contributed by atoms with Gasteiger partial charge in [0.15, 0.2) is 0 Å². The minimum atomic E-state index is -0.158. The van der Waals surface area contributed by atoms with E-state index >= 15 is 0 Å². The summed E-state index contributed by atoms with van der Waals surface area (Å²) in [6, 6.07) is 5.49. The molecule has 1 amide bonds. The predicted molar refractivity (Wildman–Crippen MR) is 85.2 cm³/mol. The maximum absolute atomic E-state index is 12.0. The number of thioether (sulfide) groups is 1. The van der Waals surface area contributed by atoms with Crippen LogP contribution in [0, 0.1) is 0 Å². The Labute approximate surface area is 134 Å². The number of hydrogen-bond acceptors (Lipinski definition) is 8. The van der Waals surface area contributed by atoms with Crippen molar-refractivity contribution in [3.05, 3.63) is 24.1 Å². The van der Waals surface area contributed by atoms with Gasteiger partial charge in [-0.2, -0.15) is 8.75 Å². The second-order valence-corrected chi connectivity index (χ2v) is 6.29. The molecule has 3 rings (SSSR count). The third-order valence-corrected chi connectivity index (χ3v) is 4.16. The van der Waals surface area contributed by atoms with Crippen LogP contribution in [-0.2, 0) is 4.79 Å². The number of rotatable bonds is 5. The number of anilines is 1. The summed E-state index contributed by atoms with van der Waals surface area (Å²) in [7, 11) is 0. The van der Waals surface area contributed by atoms with Gasteiger partial charge in [0.1, 0.15) is 11.0 Å². The molecule has 0 saturated carbocycles. The zero-order valence-electron chi connectivity index (χ0n) is 11.9. The van der Waals surface area contributed by atoms with E-state index in [4.69, 9.17) is 4.42 Å². The molecule has 22 heavy (non-hydrogen) atoms. The molecular weight excluding hydrogens is 322 g/mol. The number of amides is 1. The normalized spacial score (nSPS) is 11.2. The Morgan fingerprint density at radius 1 is 1.36 bits per heavy atom. The number of nitrogens with zero attached hydrogens (tertiary/aromatic N) is 4. The third-order valence-electron chi connectivity index (χ3n) is 2.80. The SMILES string of the molecule is CC(C)c1nnc(SCC(=O)Nc2cccc3nsnc23)o1. The molecule has 0 unspecified atom stereocenters. The summed E-state index contributed by atoms with van der Waals surface area (Å²) >= 11 is 2.33. The monoisotopic (exact) mass is 335 g/mol. The van der Waals surface area contributed by atoms with Crippen molar-refractivity contribution in [3.63, 3.8) is 0 Å². The lowest BCUT2D eigenvalue weighted by atomic mass is 10.2. The summed E-state index contributed by atoms with van der Waals surface area (Å²) in [6.45, 7) is 3.94. The van der Waals surface area contributed by atoms with Gasteiger partial charge in [-0.05, 0) is 12.1 Å². The van der Waals surface area contributed by atoms with Crippen molar-refractivity contribution in [2.75, 3.05) is 11.1 Å². The van der Waals surface area contributed by atoms with Crippen molar-refractivity contribution >= 4 is 46.1 Å². The minimum Gasteiger partial charge on any atom is -0.416 e. The van der Waals surface area contributed by atoms with Crippen LogP contribution < -0.4 is 5.32 Å². The largest absolute Gasteiger partial charge is 0.416 e.